The molecule has 0 saturated carbocycles. The van der Waals surface area contributed by atoms with Crippen LogP contribution >= 0.6 is 0 Å². The Morgan fingerprint density at radius 2 is 2.05 bits per heavy atom. The Kier molecular flexibility index (Phi) is 3.72. The molecule has 2 aromatic rings. The summed E-state index contributed by atoms with van der Waals surface area (Å²) in [5.74, 6) is 2.41. The Morgan fingerprint density at radius 1 is 1.29 bits per heavy atom. The van der Waals surface area contributed by atoms with Crippen molar-refractivity contribution in [2.75, 3.05) is 13.1 Å². The number of likely N-dealkylation sites (tertiary alicyclic amines) is 1. The lowest BCUT2D eigenvalue weighted by Crippen LogP contribution is -2.38. The van der Waals surface area contributed by atoms with Crippen molar-refractivity contribution in [3.05, 3.63) is 29.2 Å². The molecule has 1 aliphatic heterocycles. The van der Waals surface area contributed by atoms with Crippen molar-refractivity contribution in [1.29, 1.82) is 0 Å². The van der Waals surface area contributed by atoms with Gasteiger partial charge in [0.15, 0.2) is 5.82 Å². The van der Waals surface area contributed by atoms with Crippen molar-refractivity contribution < 1.29 is 13.8 Å². The summed E-state index contributed by atoms with van der Waals surface area (Å²) in [5.41, 5.74) is 0.687. The van der Waals surface area contributed by atoms with Gasteiger partial charge in [-0.15, -0.1) is 0 Å². The van der Waals surface area contributed by atoms with Gasteiger partial charge >= 0.3 is 0 Å². The third kappa shape index (κ3) is 3.12. The second-order valence-electron chi connectivity index (χ2n) is 5.44. The quantitative estimate of drug-likeness (QED) is 0.854. The highest BCUT2D eigenvalue weighted by Gasteiger charge is 2.27. The van der Waals surface area contributed by atoms with E-state index in [-0.39, 0.29) is 11.8 Å². The molecule has 0 bridgehead atoms. The monoisotopic (exact) mass is 290 g/mol. The number of rotatable bonds is 3. The number of carbonyl (C=O) groups is 1. The van der Waals surface area contributed by atoms with Gasteiger partial charge < -0.3 is 13.9 Å². The van der Waals surface area contributed by atoms with E-state index in [4.69, 9.17) is 9.05 Å². The number of aryl methyl sites for hydroxylation is 2. The summed E-state index contributed by atoms with van der Waals surface area (Å²) in [7, 11) is 0. The zero-order chi connectivity index (χ0) is 14.8. The van der Waals surface area contributed by atoms with E-state index in [0.29, 0.717) is 36.9 Å². The van der Waals surface area contributed by atoms with Crippen LogP contribution in [-0.2, 0) is 11.2 Å². The molecule has 1 fully saturated rings. The predicted molar refractivity (Wildman–Crippen MR) is 72.5 cm³/mol. The molecule has 2 aromatic heterocycles. The molecular weight excluding hydrogens is 272 g/mol. The molecule has 7 nitrogen and oxygen atoms in total. The molecular formula is C14H18N4O3. The van der Waals surface area contributed by atoms with Gasteiger partial charge in [-0.25, -0.2) is 0 Å². The molecule has 0 aromatic carbocycles. The maximum atomic E-state index is 12.2. The Balaban J connectivity index is 1.54. The molecule has 1 aliphatic rings. The number of piperidine rings is 1. The van der Waals surface area contributed by atoms with Crippen LogP contribution in [0, 0.1) is 13.8 Å². The number of hydrogen-bond acceptors (Lipinski definition) is 6. The molecule has 3 heterocycles. The van der Waals surface area contributed by atoms with Crippen molar-refractivity contribution in [2.24, 2.45) is 0 Å². The molecule has 0 N–H and O–H groups in total. The number of hydrogen-bond donors (Lipinski definition) is 0. The minimum absolute atomic E-state index is 0.0865. The van der Waals surface area contributed by atoms with E-state index in [1.54, 1.807) is 6.07 Å². The van der Waals surface area contributed by atoms with Crippen molar-refractivity contribution in [1.82, 2.24) is 20.2 Å². The minimum Gasteiger partial charge on any atom is -0.361 e. The standard InChI is InChI=1S/C14H18N4O3/c1-9-7-12(17-20-9)8-13(19)18-5-3-11(4-6-18)14-15-10(2)16-21-14/h7,11H,3-6,8H2,1-2H3. The normalized spacial score (nSPS) is 16.4. The van der Waals surface area contributed by atoms with E-state index in [9.17, 15) is 4.79 Å². The number of nitrogens with zero attached hydrogens (tertiary/aromatic N) is 4. The number of carbonyl (C=O) groups excluding carboxylic acids is 1. The largest absolute Gasteiger partial charge is 0.361 e. The highest BCUT2D eigenvalue weighted by molar-refractivity contribution is 5.78. The van der Waals surface area contributed by atoms with Gasteiger partial charge in [-0.05, 0) is 26.7 Å². The van der Waals surface area contributed by atoms with E-state index in [0.717, 1.165) is 18.6 Å². The third-order valence-electron chi connectivity index (χ3n) is 3.75. The number of aromatic nitrogens is 3. The van der Waals surface area contributed by atoms with Crippen molar-refractivity contribution in [3.63, 3.8) is 0 Å². The van der Waals surface area contributed by atoms with Gasteiger partial charge in [-0.3, -0.25) is 4.79 Å². The first-order valence-corrected chi connectivity index (χ1v) is 7.12. The molecule has 0 unspecified atom stereocenters. The lowest BCUT2D eigenvalue weighted by molar-refractivity contribution is -0.131. The highest BCUT2D eigenvalue weighted by Crippen LogP contribution is 2.26. The topological polar surface area (TPSA) is 85.3 Å². The van der Waals surface area contributed by atoms with E-state index < -0.39 is 0 Å². The van der Waals surface area contributed by atoms with E-state index >= 15 is 0 Å². The molecule has 1 amide bonds. The van der Waals surface area contributed by atoms with Crippen LogP contribution in [0.4, 0.5) is 0 Å². The summed E-state index contributed by atoms with van der Waals surface area (Å²) < 4.78 is 10.2. The van der Waals surface area contributed by atoms with Gasteiger partial charge in [0.25, 0.3) is 0 Å². The molecule has 0 radical (unpaired) electrons. The molecule has 0 spiro atoms. The van der Waals surface area contributed by atoms with Crippen LogP contribution in [-0.4, -0.2) is 39.2 Å². The van der Waals surface area contributed by atoms with E-state index in [2.05, 4.69) is 15.3 Å². The maximum absolute atomic E-state index is 12.2. The first-order chi connectivity index (χ1) is 10.1. The van der Waals surface area contributed by atoms with Crippen LogP contribution < -0.4 is 0 Å². The Morgan fingerprint density at radius 3 is 2.62 bits per heavy atom. The fourth-order valence-corrected chi connectivity index (χ4v) is 2.62. The van der Waals surface area contributed by atoms with E-state index in [1.165, 1.54) is 0 Å². The van der Waals surface area contributed by atoms with Gasteiger partial charge in [-0.2, -0.15) is 4.98 Å². The van der Waals surface area contributed by atoms with Gasteiger partial charge in [0, 0.05) is 25.1 Å². The second kappa shape index (κ2) is 5.67. The summed E-state index contributed by atoms with van der Waals surface area (Å²) in [6.07, 6.45) is 2.00. The van der Waals surface area contributed by atoms with Crippen LogP contribution in [0.5, 0.6) is 0 Å². The van der Waals surface area contributed by atoms with Crippen molar-refractivity contribution in [3.8, 4) is 0 Å². The average Bonchev–Trinajstić information content (AvgIpc) is 3.08. The lowest BCUT2D eigenvalue weighted by atomic mass is 9.96. The molecule has 1 saturated heterocycles. The minimum atomic E-state index is 0.0865. The zero-order valence-electron chi connectivity index (χ0n) is 12.2. The van der Waals surface area contributed by atoms with Crippen LogP contribution in [0.25, 0.3) is 0 Å². The molecule has 0 aliphatic carbocycles. The first-order valence-electron chi connectivity index (χ1n) is 7.12. The summed E-state index contributed by atoms with van der Waals surface area (Å²) in [5, 5.41) is 7.68. The van der Waals surface area contributed by atoms with E-state index in [1.807, 2.05) is 18.7 Å². The first kappa shape index (κ1) is 13.8. The molecule has 0 atom stereocenters. The van der Waals surface area contributed by atoms with Crippen LogP contribution in [0.15, 0.2) is 15.1 Å². The van der Waals surface area contributed by atoms with Crippen LogP contribution in [0.1, 0.15) is 41.9 Å². The second-order valence-corrected chi connectivity index (χ2v) is 5.44. The molecule has 21 heavy (non-hydrogen) atoms. The Labute approximate surface area is 122 Å². The molecule has 112 valence electrons. The lowest BCUT2D eigenvalue weighted by Gasteiger charge is -2.30. The summed E-state index contributed by atoms with van der Waals surface area (Å²) in [6.45, 7) is 5.05. The van der Waals surface area contributed by atoms with Crippen LogP contribution in [0.3, 0.4) is 0 Å². The zero-order valence-corrected chi connectivity index (χ0v) is 12.2. The fraction of sp³-hybridized carbons (Fsp3) is 0.571. The maximum Gasteiger partial charge on any atom is 0.229 e. The highest BCUT2D eigenvalue weighted by atomic mass is 16.5. The molecule has 3 rings (SSSR count). The smallest absolute Gasteiger partial charge is 0.229 e. The predicted octanol–water partition coefficient (Wildman–Crippen LogP) is 1.62. The SMILES string of the molecule is Cc1noc(C2CCN(C(=O)Cc3cc(C)on3)CC2)n1. The average molecular weight is 290 g/mol. The summed E-state index contributed by atoms with van der Waals surface area (Å²) >= 11 is 0. The fourth-order valence-electron chi connectivity index (χ4n) is 2.62. The van der Waals surface area contributed by atoms with Crippen molar-refractivity contribution >= 4 is 5.91 Å². The Hall–Kier alpha value is -2.18. The van der Waals surface area contributed by atoms with Gasteiger partial charge in [0.1, 0.15) is 5.76 Å². The van der Waals surface area contributed by atoms with Gasteiger partial charge in [-0.1, -0.05) is 10.3 Å². The third-order valence-corrected chi connectivity index (χ3v) is 3.75. The number of amides is 1. The summed E-state index contributed by atoms with van der Waals surface area (Å²) in [4.78, 5) is 18.4. The summed E-state index contributed by atoms with van der Waals surface area (Å²) in [6, 6.07) is 1.80. The Bertz CT molecular complexity index is 626. The van der Waals surface area contributed by atoms with Gasteiger partial charge in [0.2, 0.25) is 11.8 Å². The van der Waals surface area contributed by atoms with Gasteiger partial charge in [0.05, 0.1) is 12.1 Å². The van der Waals surface area contributed by atoms with Crippen LogP contribution in [0.2, 0.25) is 0 Å². The van der Waals surface area contributed by atoms with Crippen molar-refractivity contribution in [2.45, 2.75) is 39.0 Å². The molecule has 7 heteroatoms.